The Morgan fingerprint density at radius 3 is 2.55 bits per heavy atom. The minimum Gasteiger partial charge on any atom is -0.361 e. The first-order valence-electron chi connectivity index (χ1n) is 11.3. The Morgan fingerprint density at radius 1 is 1.03 bits per heavy atom. The second-order valence-corrected chi connectivity index (χ2v) is 10.2. The van der Waals surface area contributed by atoms with E-state index in [-0.39, 0.29) is 5.41 Å². The summed E-state index contributed by atoms with van der Waals surface area (Å²) in [5.41, 5.74) is 10.3. The van der Waals surface area contributed by atoms with E-state index in [1.165, 1.54) is 50.2 Å². The molecular weight excluding hydrogens is 380 g/mol. The van der Waals surface area contributed by atoms with Crippen molar-refractivity contribution in [3.8, 4) is 16.9 Å². The molecule has 4 heteroatoms. The highest BCUT2D eigenvalue weighted by Crippen LogP contribution is 2.36. The number of benzene rings is 2. The molecule has 4 aromatic rings. The van der Waals surface area contributed by atoms with Crippen LogP contribution in [0, 0.1) is 19.3 Å². The van der Waals surface area contributed by atoms with Gasteiger partial charge < -0.3 is 4.98 Å². The topological polar surface area (TPSA) is 36.9 Å². The highest BCUT2D eigenvalue weighted by Gasteiger charge is 2.29. The fourth-order valence-electron chi connectivity index (χ4n) is 5.03. The molecule has 3 heterocycles. The molecule has 4 nitrogen and oxygen atoms in total. The van der Waals surface area contributed by atoms with Crippen LogP contribution in [-0.4, -0.2) is 32.8 Å². The van der Waals surface area contributed by atoms with Crippen LogP contribution >= 0.6 is 0 Å². The summed E-state index contributed by atoms with van der Waals surface area (Å²) in [6.45, 7) is 14.5. The van der Waals surface area contributed by atoms with Crippen molar-refractivity contribution in [3.05, 3.63) is 71.0 Å². The van der Waals surface area contributed by atoms with E-state index in [0.717, 1.165) is 26.1 Å². The first-order valence-corrected chi connectivity index (χ1v) is 11.3. The van der Waals surface area contributed by atoms with Crippen molar-refractivity contribution in [2.45, 2.75) is 47.6 Å². The van der Waals surface area contributed by atoms with Gasteiger partial charge in [-0.1, -0.05) is 45.0 Å². The van der Waals surface area contributed by atoms with Crippen LogP contribution in [0.3, 0.4) is 0 Å². The van der Waals surface area contributed by atoms with Gasteiger partial charge in [-0.2, -0.15) is 5.10 Å². The fraction of sp³-hybridized carbons (Fsp3) is 0.370. The van der Waals surface area contributed by atoms with Crippen LogP contribution in [0.25, 0.3) is 27.8 Å². The maximum atomic E-state index is 5.20. The summed E-state index contributed by atoms with van der Waals surface area (Å²) in [4.78, 5) is 5.92. The van der Waals surface area contributed by atoms with E-state index in [4.69, 9.17) is 5.10 Å². The molecule has 2 aromatic heterocycles. The summed E-state index contributed by atoms with van der Waals surface area (Å²) in [5.74, 6) is 0. The number of hydrogen-bond acceptors (Lipinski definition) is 2. The lowest BCUT2D eigenvalue weighted by Gasteiger charge is -2.32. The molecule has 31 heavy (non-hydrogen) atoms. The van der Waals surface area contributed by atoms with Crippen LogP contribution in [0.15, 0.2) is 48.7 Å². The molecule has 0 aliphatic carbocycles. The van der Waals surface area contributed by atoms with Gasteiger partial charge in [0.1, 0.15) is 0 Å². The number of para-hydroxylation sites is 1. The molecule has 5 rings (SSSR count). The molecule has 0 radical (unpaired) electrons. The van der Waals surface area contributed by atoms with Crippen molar-refractivity contribution in [2.24, 2.45) is 5.41 Å². The minimum absolute atomic E-state index is 0.282. The largest absolute Gasteiger partial charge is 0.361 e. The van der Waals surface area contributed by atoms with E-state index in [2.05, 4.69) is 91.6 Å². The molecule has 0 fully saturated rings. The summed E-state index contributed by atoms with van der Waals surface area (Å²) in [7, 11) is 0. The quantitative estimate of drug-likeness (QED) is 0.445. The van der Waals surface area contributed by atoms with Crippen molar-refractivity contribution in [3.63, 3.8) is 0 Å². The van der Waals surface area contributed by atoms with E-state index in [1.807, 2.05) is 6.20 Å². The molecule has 0 amide bonds. The summed E-state index contributed by atoms with van der Waals surface area (Å²) in [6.07, 6.45) is 3.01. The monoisotopic (exact) mass is 412 g/mol. The van der Waals surface area contributed by atoms with Gasteiger partial charge >= 0.3 is 0 Å². The number of H-pyrrole nitrogens is 1. The summed E-state index contributed by atoms with van der Waals surface area (Å²) < 4.78 is 2.23. The molecule has 2 aromatic carbocycles. The van der Waals surface area contributed by atoms with Gasteiger partial charge in [0, 0.05) is 54.3 Å². The molecule has 0 bridgehead atoms. The Labute approximate surface area is 184 Å². The van der Waals surface area contributed by atoms with Crippen molar-refractivity contribution in [1.82, 2.24) is 19.7 Å². The Balaban J connectivity index is 1.71. The predicted octanol–water partition coefficient (Wildman–Crippen LogP) is 6.04. The SMILES string of the molecule is Cc1cccc(C)c1-n1nc2c(c1-c1ccc3[nH]ccc3c1)CN(CC(C)(C)C)CC2. The molecule has 160 valence electrons. The van der Waals surface area contributed by atoms with Gasteiger partial charge in [-0.25, -0.2) is 4.68 Å². The Hall–Kier alpha value is -2.85. The molecule has 0 saturated carbocycles. The fourth-order valence-corrected chi connectivity index (χ4v) is 5.03. The first-order chi connectivity index (χ1) is 14.8. The van der Waals surface area contributed by atoms with Gasteiger partial charge in [-0.05, 0) is 48.6 Å². The third kappa shape index (κ3) is 3.70. The third-order valence-corrected chi connectivity index (χ3v) is 6.29. The Morgan fingerprint density at radius 2 is 1.81 bits per heavy atom. The number of rotatable bonds is 3. The Kier molecular flexibility index (Phi) is 4.78. The summed E-state index contributed by atoms with van der Waals surface area (Å²) in [5, 5.41) is 6.44. The van der Waals surface area contributed by atoms with Gasteiger partial charge in [-0.3, -0.25) is 4.90 Å². The lowest BCUT2D eigenvalue weighted by atomic mass is 9.93. The van der Waals surface area contributed by atoms with E-state index in [1.54, 1.807) is 0 Å². The number of hydrogen-bond donors (Lipinski definition) is 1. The maximum Gasteiger partial charge on any atom is 0.0789 e. The predicted molar refractivity (Wildman–Crippen MR) is 129 cm³/mol. The molecule has 0 unspecified atom stereocenters. The van der Waals surface area contributed by atoms with Gasteiger partial charge in [0.25, 0.3) is 0 Å². The number of fused-ring (bicyclic) bond motifs is 2. The van der Waals surface area contributed by atoms with Crippen molar-refractivity contribution in [2.75, 3.05) is 13.1 Å². The third-order valence-electron chi connectivity index (χ3n) is 6.29. The van der Waals surface area contributed by atoms with Crippen LogP contribution in [0.4, 0.5) is 0 Å². The van der Waals surface area contributed by atoms with Crippen LogP contribution in [0.1, 0.15) is 43.2 Å². The molecule has 0 spiro atoms. The highest BCUT2D eigenvalue weighted by molar-refractivity contribution is 5.85. The smallest absolute Gasteiger partial charge is 0.0789 e. The van der Waals surface area contributed by atoms with E-state index in [0.29, 0.717) is 0 Å². The van der Waals surface area contributed by atoms with E-state index >= 15 is 0 Å². The average molecular weight is 413 g/mol. The van der Waals surface area contributed by atoms with Crippen molar-refractivity contribution < 1.29 is 0 Å². The standard InChI is InChI=1S/C27H32N4/c1-18-7-6-8-19(2)25(18)31-26(21-9-10-23-20(15-21)11-13-28-23)22-16-30(17-27(3,4)5)14-12-24(22)29-31/h6-11,13,15,28H,12,14,16-17H2,1-5H3. The zero-order valence-electron chi connectivity index (χ0n) is 19.3. The molecular formula is C27H32N4. The van der Waals surface area contributed by atoms with Gasteiger partial charge in [0.15, 0.2) is 0 Å². The van der Waals surface area contributed by atoms with Crippen LogP contribution in [0.2, 0.25) is 0 Å². The molecule has 1 N–H and O–H groups in total. The Bertz CT molecular complexity index is 1230. The van der Waals surface area contributed by atoms with Crippen LogP contribution in [-0.2, 0) is 13.0 Å². The summed E-state index contributed by atoms with van der Waals surface area (Å²) >= 11 is 0. The number of nitrogens with one attached hydrogen (secondary N) is 1. The molecule has 1 aliphatic rings. The van der Waals surface area contributed by atoms with E-state index < -0.39 is 0 Å². The first kappa shape index (κ1) is 20.1. The van der Waals surface area contributed by atoms with Crippen LogP contribution < -0.4 is 0 Å². The van der Waals surface area contributed by atoms with Gasteiger partial charge in [0.2, 0.25) is 0 Å². The number of aromatic nitrogens is 3. The zero-order chi connectivity index (χ0) is 21.8. The average Bonchev–Trinajstić information content (AvgIpc) is 3.30. The van der Waals surface area contributed by atoms with Gasteiger partial charge in [-0.15, -0.1) is 0 Å². The van der Waals surface area contributed by atoms with E-state index in [9.17, 15) is 0 Å². The normalized spacial score (nSPS) is 14.9. The second kappa shape index (κ2) is 7.38. The zero-order valence-corrected chi connectivity index (χ0v) is 19.3. The number of nitrogens with zero attached hydrogens (tertiary/aromatic N) is 3. The van der Waals surface area contributed by atoms with Crippen LogP contribution in [0.5, 0.6) is 0 Å². The summed E-state index contributed by atoms with van der Waals surface area (Å²) in [6, 6.07) is 15.4. The number of aryl methyl sites for hydroxylation is 2. The van der Waals surface area contributed by atoms with Gasteiger partial charge in [0.05, 0.1) is 17.1 Å². The lowest BCUT2D eigenvalue weighted by Crippen LogP contribution is -2.36. The second-order valence-electron chi connectivity index (χ2n) is 10.2. The molecule has 1 aliphatic heterocycles. The van der Waals surface area contributed by atoms with Crippen molar-refractivity contribution >= 4 is 10.9 Å². The molecule has 0 saturated heterocycles. The lowest BCUT2D eigenvalue weighted by molar-refractivity contribution is 0.176. The number of aromatic amines is 1. The highest BCUT2D eigenvalue weighted by atomic mass is 15.3. The maximum absolute atomic E-state index is 5.20. The minimum atomic E-state index is 0.282. The van der Waals surface area contributed by atoms with Crippen molar-refractivity contribution in [1.29, 1.82) is 0 Å². The molecule has 0 atom stereocenters.